The first-order chi connectivity index (χ1) is 12.4. The van der Waals surface area contributed by atoms with Gasteiger partial charge in [-0.25, -0.2) is 19.9 Å². The van der Waals surface area contributed by atoms with Crippen LogP contribution in [0.15, 0.2) is 24.7 Å². The smallest absolute Gasteiger partial charge is 0.132 e. The topological polar surface area (TPSA) is 58.0 Å². The minimum absolute atomic E-state index is 0.0553. The molecular weight excluding hydrogens is 324 g/mol. The molecule has 2 aliphatic heterocycles. The Bertz CT molecular complexity index is 770. The Balaban J connectivity index is 1.39. The van der Waals surface area contributed by atoms with Crippen molar-refractivity contribution in [1.29, 1.82) is 0 Å². The molecule has 0 amide bonds. The third-order valence-corrected chi connectivity index (χ3v) is 5.53. The Morgan fingerprint density at radius 2 is 1.77 bits per heavy atom. The highest BCUT2D eigenvalue weighted by atomic mass is 15.3. The molecule has 2 aromatic heterocycles. The molecule has 2 aliphatic rings. The zero-order valence-corrected chi connectivity index (χ0v) is 16.2. The molecule has 0 radical (unpaired) electrons. The summed E-state index contributed by atoms with van der Waals surface area (Å²) in [5.74, 6) is 3.36. The van der Waals surface area contributed by atoms with Crippen molar-refractivity contribution in [2.75, 3.05) is 31.1 Å². The predicted octanol–water partition coefficient (Wildman–Crippen LogP) is 2.44. The Morgan fingerprint density at radius 1 is 1.04 bits per heavy atom. The molecule has 6 nitrogen and oxygen atoms in total. The summed E-state index contributed by atoms with van der Waals surface area (Å²) in [5.41, 5.74) is 2.29. The highest BCUT2D eigenvalue weighted by Gasteiger charge is 2.40. The fourth-order valence-corrected chi connectivity index (χ4v) is 4.16. The molecule has 138 valence electrons. The van der Waals surface area contributed by atoms with Gasteiger partial charge < -0.3 is 4.90 Å². The first kappa shape index (κ1) is 17.3. The Hall–Kier alpha value is -2.08. The van der Waals surface area contributed by atoms with E-state index in [4.69, 9.17) is 0 Å². The van der Waals surface area contributed by atoms with E-state index >= 15 is 0 Å². The normalized spacial score (nSPS) is 23.5. The van der Waals surface area contributed by atoms with E-state index in [9.17, 15) is 0 Å². The number of fused-ring (bicyclic) bond motifs is 1. The van der Waals surface area contributed by atoms with E-state index in [0.717, 1.165) is 55.8 Å². The van der Waals surface area contributed by atoms with Crippen LogP contribution in [0.2, 0.25) is 0 Å². The maximum atomic E-state index is 4.55. The van der Waals surface area contributed by atoms with E-state index in [1.807, 2.05) is 19.2 Å². The molecule has 4 heterocycles. The van der Waals surface area contributed by atoms with Crippen LogP contribution in [0.4, 0.5) is 5.82 Å². The van der Waals surface area contributed by atoms with Crippen LogP contribution in [0.25, 0.3) is 0 Å². The molecule has 26 heavy (non-hydrogen) atoms. The maximum Gasteiger partial charge on any atom is 0.132 e. The average Bonchev–Trinajstić information content (AvgIpc) is 3.12. The quantitative estimate of drug-likeness (QED) is 0.846. The van der Waals surface area contributed by atoms with Crippen molar-refractivity contribution in [3.05, 3.63) is 41.9 Å². The van der Waals surface area contributed by atoms with Crippen molar-refractivity contribution in [1.82, 2.24) is 24.8 Å². The van der Waals surface area contributed by atoms with E-state index in [-0.39, 0.29) is 5.41 Å². The number of nitrogens with zero attached hydrogens (tertiary/aromatic N) is 6. The summed E-state index contributed by atoms with van der Waals surface area (Å²) in [6.07, 6.45) is 3.58. The minimum atomic E-state index is 0.0553. The highest BCUT2D eigenvalue weighted by molar-refractivity contribution is 5.42. The fourth-order valence-electron chi connectivity index (χ4n) is 4.16. The first-order valence-electron chi connectivity index (χ1n) is 9.47. The summed E-state index contributed by atoms with van der Waals surface area (Å²) in [6, 6.07) is 4.20. The van der Waals surface area contributed by atoms with Gasteiger partial charge in [0.1, 0.15) is 18.0 Å². The van der Waals surface area contributed by atoms with E-state index in [0.29, 0.717) is 11.8 Å². The number of hydrogen-bond donors (Lipinski definition) is 0. The van der Waals surface area contributed by atoms with Gasteiger partial charge in [-0.2, -0.15) is 0 Å². The SMILES string of the molecule is Cc1nccc(CN2CC3CN(c4cc(C(C)(C)C)ncn4)CC3C2)n1. The lowest BCUT2D eigenvalue weighted by Gasteiger charge is -2.24. The summed E-state index contributed by atoms with van der Waals surface area (Å²) >= 11 is 0. The Kier molecular flexibility index (Phi) is 4.39. The van der Waals surface area contributed by atoms with Crippen LogP contribution in [-0.4, -0.2) is 51.0 Å². The molecule has 4 rings (SSSR count). The summed E-state index contributed by atoms with van der Waals surface area (Å²) in [6.45, 7) is 13.9. The molecule has 6 heteroatoms. The zero-order chi connectivity index (χ0) is 18.3. The molecule has 2 aromatic rings. The van der Waals surface area contributed by atoms with Crippen molar-refractivity contribution in [3.8, 4) is 0 Å². The van der Waals surface area contributed by atoms with Gasteiger partial charge in [0.25, 0.3) is 0 Å². The number of likely N-dealkylation sites (tertiary alicyclic amines) is 1. The summed E-state index contributed by atoms with van der Waals surface area (Å²) in [7, 11) is 0. The summed E-state index contributed by atoms with van der Waals surface area (Å²) < 4.78 is 0. The lowest BCUT2D eigenvalue weighted by Crippen LogP contribution is -2.29. The first-order valence-corrected chi connectivity index (χ1v) is 9.47. The molecule has 0 saturated carbocycles. The molecule has 0 N–H and O–H groups in total. The molecule has 2 saturated heterocycles. The fraction of sp³-hybridized carbons (Fsp3) is 0.600. The number of rotatable bonds is 3. The van der Waals surface area contributed by atoms with E-state index in [1.165, 1.54) is 0 Å². The van der Waals surface area contributed by atoms with E-state index < -0.39 is 0 Å². The van der Waals surface area contributed by atoms with Gasteiger partial charge in [-0.3, -0.25) is 4.90 Å². The third kappa shape index (κ3) is 3.56. The summed E-state index contributed by atoms with van der Waals surface area (Å²) in [5, 5.41) is 0. The predicted molar refractivity (Wildman–Crippen MR) is 102 cm³/mol. The molecule has 0 bridgehead atoms. The molecule has 2 unspecified atom stereocenters. The highest BCUT2D eigenvalue weighted by Crippen LogP contribution is 2.34. The van der Waals surface area contributed by atoms with Crippen LogP contribution in [-0.2, 0) is 12.0 Å². The minimum Gasteiger partial charge on any atom is -0.356 e. The van der Waals surface area contributed by atoms with Crippen LogP contribution in [0.5, 0.6) is 0 Å². The van der Waals surface area contributed by atoms with Gasteiger partial charge in [-0.05, 0) is 24.8 Å². The number of aryl methyl sites for hydroxylation is 1. The van der Waals surface area contributed by atoms with Gasteiger partial charge in [0.2, 0.25) is 0 Å². The van der Waals surface area contributed by atoms with E-state index in [2.05, 4.69) is 56.6 Å². The standard InChI is InChI=1S/C20H28N6/c1-14-21-6-5-17(24-14)12-25-8-15-10-26(11-16(15)9-25)19-7-18(20(2,3)4)22-13-23-19/h5-7,13,15-16H,8-12H2,1-4H3. The van der Waals surface area contributed by atoms with Gasteiger partial charge in [0, 0.05) is 50.4 Å². The van der Waals surface area contributed by atoms with Crippen molar-refractivity contribution in [2.24, 2.45) is 11.8 Å². The molecular formula is C20H28N6. The number of aromatic nitrogens is 4. The van der Waals surface area contributed by atoms with Crippen LogP contribution < -0.4 is 4.90 Å². The molecule has 2 atom stereocenters. The van der Waals surface area contributed by atoms with Crippen molar-refractivity contribution < 1.29 is 0 Å². The third-order valence-electron chi connectivity index (χ3n) is 5.53. The number of anilines is 1. The largest absolute Gasteiger partial charge is 0.356 e. The van der Waals surface area contributed by atoms with Gasteiger partial charge in [0.05, 0.1) is 11.4 Å². The second kappa shape index (κ2) is 6.58. The van der Waals surface area contributed by atoms with Gasteiger partial charge in [0.15, 0.2) is 0 Å². The van der Waals surface area contributed by atoms with E-state index in [1.54, 1.807) is 6.33 Å². The second-order valence-corrected chi connectivity index (χ2v) is 8.73. The Morgan fingerprint density at radius 3 is 2.42 bits per heavy atom. The summed E-state index contributed by atoms with van der Waals surface area (Å²) in [4.78, 5) is 22.7. The lowest BCUT2D eigenvalue weighted by atomic mass is 9.92. The Labute approximate surface area is 155 Å². The molecule has 2 fully saturated rings. The molecule has 0 aliphatic carbocycles. The van der Waals surface area contributed by atoms with Crippen molar-refractivity contribution in [3.63, 3.8) is 0 Å². The maximum absolute atomic E-state index is 4.55. The van der Waals surface area contributed by atoms with Crippen molar-refractivity contribution in [2.45, 2.75) is 39.7 Å². The molecule has 0 aromatic carbocycles. The monoisotopic (exact) mass is 352 g/mol. The van der Waals surface area contributed by atoms with Crippen LogP contribution in [0.1, 0.15) is 38.0 Å². The van der Waals surface area contributed by atoms with Gasteiger partial charge in [-0.1, -0.05) is 20.8 Å². The van der Waals surface area contributed by atoms with Crippen molar-refractivity contribution >= 4 is 5.82 Å². The lowest BCUT2D eigenvalue weighted by molar-refractivity contribution is 0.304. The van der Waals surface area contributed by atoms with Crippen LogP contribution in [0, 0.1) is 18.8 Å². The second-order valence-electron chi connectivity index (χ2n) is 8.73. The molecule has 0 spiro atoms. The zero-order valence-electron chi connectivity index (χ0n) is 16.2. The van der Waals surface area contributed by atoms with Crippen LogP contribution >= 0.6 is 0 Å². The van der Waals surface area contributed by atoms with Gasteiger partial charge in [-0.15, -0.1) is 0 Å². The van der Waals surface area contributed by atoms with Gasteiger partial charge >= 0.3 is 0 Å². The van der Waals surface area contributed by atoms with Crippen LogP contribution in [0.3, 0.4) is 0 Å². The number of hydrogen-bond acceptors (Lipinski definition) is 6. The average molecular weight is 352 g/mol.